The normalized spacial score (nSPS) is 12.1. The summed E-state index contributed by atoms with van der Waals surface area (Å²) in [6.45, 7) is 9.49. The van der Waals surface area contributed by atoms with E-state index in [2.05, 4.69) is 73.7 Å². The molecule has 3 rings (SSSR count). The maximum Gasteiger partial charge on any atom is 0.134 e. The molecular formula is C26H27NO. The molecule has 0 fully saturated rings. The largest absolute Gasteiger partial charge is 0.464 e. The fourth-order valence-electron chi connectivity index (χ4n) is 3.24. The minimum Gasteiger partial charge on any atom is -0.464 e. The van der Waals surface area contributed by atoms with Crippen LogP contribution in [0.2, 0.25) is 0 Å². The fraction of sp³-hybridized carbons (Fsp3) is 0.154. The van der Waals surface area contributed by atoms with E-state index in [1.807, 2.05) is 30.5 Å². The highest BCUT2D eigenvalue weighted by Gasteiger charge is 2.07. The molecule has 0 aliphatic rings. The molecule has 2 aromatic carbocycles. The number of benzene rings is 2. The van der Waals surface area contributed by atoms with Gasteiger partial charge < -0.3 is 9.32 Å². The van der Waals surface area contributed by atoms with Gasteiger partial charge in [0.05, 0.1) is 6.26 Å². The topological polar surface area (TPSA) is 16.4 Å². The zero-order chi connectivity index (χ0) is 19.8. The number of fused-ring (bicyclic) bond motifs is 1. The summed E-state index contributed by atoms with van der Waals surface area (Å²) in [7, 11) is 2.15. The van der Waals surface area contributed by atoms with Gasteiger partial charge in [0.15, 0.2) is 0 Å². The Morgan fingerprint density at radius 2 is 1.86 bits per heavy atom. The Hall–Kier alpha value is -3.10. The lowest BCUT2D eigenvalue weighted by Crippen LogP contribution is -2.18. The molecule has 142 valence electrons. The van der Waals surface area contributed by atoms with Gasteiger partial charge in [-0.1, -0.05) is 86.0 Å². The minimum absolute atomic E-state index is 0.888. The molecule has 0 saturated heterocycles. The lowest BCUT2D eigenvalue weighted by Gasteiger charge is -2.14. The third kappa shape index (κ3) is 4.99. The molecule has 0 unspecified atom stereocenters. The van der Waals surface area contributed by atoms with Gasteiger partial charge in [0.25, 0.3) is 0 Å². The highest BCUT2D eigenvalue weighted by atomic mass is 16.3. The van der Waals surface area contributed by atoms with Crippen LogP contribution in [0.3, 0.4) is 0 Å². The van der Waals surface area contributed by atoms with E-state index >= 15 is 0 Å². The van der Waals surface area contributed by atoms with Crippen molar-refractivity contribution >= 4 is 22.6 Å². The van der Waals surface area contributed by atoms with Gasteiger partial charge in [0.2, 0.25) is 0 Å². The van der Waals surface area contributed by atoms with Crippen LogP contribution in [0.25, 0.3) is 22.6 Å². The standard InChI is InChI=1S/C26H27NO/c1-4-10-22(5-2)23-16-14-21(15-17-23)11-8-9-18-27(3)19-24-20-28-26-13-7-6-12-25(24)26/h4-8,10-17,20H,1-2,9,18-19H2,3H3/b11-8+,22-10+. The van der Waals surface area contributed by atoms with Crippen molar-refractivity contribution in [3.63, 3.8) is 0 Å². The predicted octanol–water partition coefficient (Wildman–Crippen LogP) is 6.72. The molecular weight excluding hydrogens is 342 g/mol. The molecule has 0 atom stereocenters. The van der Waals surface area contributed by atoms with E-state index in [-0.39, 0.29) is 0 Å². The highest BCUT2D eigenvalue weighted by molar-refractivity contribution is 5.80. The Balaban J connectivity index is 1.51. The number of allylic oxidation sites excluding steroid dienone is 4. The lowest BCUT2D eigenvalue weighted by molar-refractivity contribution is 0.333. The second kappa shape index (κ2) is 9.72. The second-order valence-corrected chi connectivity index (χ2v) is 6.87. The Kier molecular flexibility index (Phi) is 6.83. The number of furan rings is 1. The van der Waals surface area contributed by atoms with Gasteiger partial charge in [-0.2, -0.15) is 0 Å². The average molecular weight is 370 g/mol. The first-order chi connectivity index (χ1) is 13.7. The van der Waals surface area contributed by atoms with Crippen LogP contribution in [0.1, 0.15) is 23.1 Å². The molecule has 1 aromatic heterocycles. The molecule has 1 heterocycles. The van der Waals surface area contributed by atoms with Crippen molar-refractivity contribution < 1.29 is 4.42 Å². The maximum absolute atomic E-state index is 5.63. The van der Waals surface area contributed by atoms with Crippen LogP contribution >= 0.6 is 0 Å². The number of hydrogen-bond acceptors (Lipinski definition) is 2. The van der Waals surface area contributed by atoms with Crippen molar-refractivity contribution in [2.24, 2.45) is 0 Å². The quantitative estimate of drug-likeness (QED) is 0.389. The first-order valence-corrected chi connectivity index (χ1v) is 9.57. The SMILES string of the molecule is C=C/C=C(\C=C)c1ccc(/C=C/CCN(C)Cc2coc3ccccc23)cc1. The fourth-order valence-corrected chi connectivity index (χ4v) is 3.24. The van der Waals surface area contributed by atoms with Crippen LogP contribution in [0.15, 0.2) is 96.7 Å². The molecule has 28 heavy (non-hydrogen) atoms. The summed E-state index contributed by atoms with van der Waals surface area (Å²) in [5, 5.41) is 1.20. The van der Waals surface area contributed by atoms with E-state index in [1.165, 1.54) is 16.5 Å². The van der Waals surface area contributed by atoms with E-state index < -0.39 is 0 Å². The molecule has 0 aliphatic carbocycles. The van der Waals surface area contributed by atoms with Crippen LogP contribution in [0.4, 0.5) is 0 Å². The average Bonchev–Trinajstić information content (AvgIpc) is 3.13. The molecule has 0 aliphatic heterocycles. The lowest BCUT2D eigenvalue weighted by atomic mass is 10.0. The van der Waals surface area contributed by atoms with Gasteiger partial charge >= 0.3 is 0 Å². The number of rotatable bonds is 9. The van der Waals surface area contributed by atoms with Crippen molar-refractivity contribution in [3.05, 3.63) is 109 Å². The van der Waals surface area contributed by atoms with E-state index in [1.54, 1.807) is 6.08 Å². The minimum atomic E-state index is 0.888. The smallest absolute Gasteiger partial charge is 0.134 e. The van der Waals surface area contributed by atoms with Crippen molar-refractivity contribution in [2.45, 2.75) is 13.0 Å². The van der Waals surface area contributed by atoms with Gasteiger partial charge in [-0.15, -0.1) is 0 Å². The Morgan fingerprint density at radius 1 is 1.07 bits per heavy atom. The summed E-state index contributed by atoms with van der Waals surface area (Å²) in [6, 6.07) is 16.7. The van der Waals surface area contributed by atoms with Crippen LogP contribution in [-0.4, -0.2) is 18.5 Å². The maximum atomic E-state index is 5.63. The zero-order valence-electron chi connectivity index (χ0n) is 16.5. The summed E-state index contributed by atoms with van der Waals surface area (Å²) in [5.41, 5.74) is 5.63. The molecule has 2 heteroatoms. The summed E-state index contributed by atoms with van der Waals surface area (Å²) in [6.07, 6.45) is 12.9. The van der Waals surface area contributed by atoms with Gasteiger partial charge in [-0.05, 0) is 36.2 Å². The van der Waals surface area contributed by atoms with Crippen molar-refractivity contribution in [3.8, 4) is 0 Å². The van der Waals surface area contributed by atoms with E-state index in [0.717, 1.165) is 36.2 Å². The Morgan fingerprint density at radius 3 is 2.61 bits per heavy atom. The van der Waals surface area contributed by atoms with Crippen molar-refractivity contribution in [2.75, 3.05) is 13.6 Å². The Labute approximate surface area is 167 Å². The van der Waals surface area contributed by atoms with Crippen LogP contribution in [-0.2, 0) is 6.54 Å². The van der Waals surface area contributed by atoms with Crippen molar-refractivity contribution in [1.82, 2.24) is 4.90 Å². The first-order valence-electron chi connectivity index (χ1n) is 9.57. The number of hydrogen-bond donors (Lipinski definition) is 0. The summed E-state index contributed by atoms with van der Waals surface area (Å²) in [5.74, 6) is 0. The summed E-state index contributed by atoms with van der Waals surface area (Å²) >= 11 is 0. The molecule has 0 N–H and O–H groups in total. The molecule has 2 nitrogen and oxygen atoms in total. The zero-order valence-corrected chi connectivity index (χ0v) is 16.5. The van der Waals surface area contributed by atoms with Crippen LogP contribution in [0, 0.1) is 0 Å². The van der Waals surface area contributed by atoms with Crippen LogP contribution < -0.4 is 0 Å². The third-order valence-electron chi connectivity index (χ3n) is 4.75. The monoisotopic (exact) mass is 369 g/mol. The molecule has 0 radical (unpaired) electrons. The third-order valence-corrected chi connectivity index (χ3v) is 4.75. The van der Waals surface area contributed by atoms with Gasteiger partial charge in [0, 0.05) is 24.0 Å². The van der Waals surface area contributed by atoms with E-state index in [9.17, 15) is 0 Å². The Bertz CT molecular complexity index is 989. The van der Waals surface area contributed by atoms with E-state index in [0.29, 0.717) is 0 Å². The highest BCUT2D eigenvalue weighted by Crippen LogP contribution is 2.22. The van der Waals surface area contributed by atoms with Gasteiger partial charge in [0.1, 0.15) is 5.58 Å². The second-order valence-electron chi connectivity index (χ2n) is 6.87. The van der Waals surface area contributed by atoms with Crippen LogP contribution in [0.5, 0.6) is 0 Å². The predicted molar refractivity (Wildman–Crippen MR) is 121 cm³/mol. The van der Waals surface area contributed by atoms with Crippen molar-refractivity contribution in [1.29, 1.82) is 0 Å². The number of nitrogens with zero attached hydrogens (tertiary/aromatic N) is 1. The molecule has 0 amide bonds. The summed E-state index contributed by atoms with van der Waals surface area (Å²) in [4.78, 5) is 2.32. The molecule has 0 spiro atoms. The molecule has 0 bridgehead atoms. The number of para-hydroxylation sites is 1. The molecule has 3 aromatic rings. The van der Waals surface area contributed by atoms with Gasteiger partial charge in [-0.25, -0.2) is 0 Å². The molecule has 0 saturated carbocycles. The van der Waals surface area contributed by atoms with E-state index in [4.69, 9.17) is 4.42 Å². The first kappa shape index (κ1) is 19.7. The van der Waals surface area contributed by atoms with Gasteiger partial charge in [-0.3, -0.25) is 0 Å². The summed E-state index contributed by atoms with van der Waals surface area (Å²) < 4.78 is 5.63.